The van der Waals surface area contributed by atoms with E-state index < -0.39 is 11.5 Å². The average molecular weight is 279 g/mol. The first-order valence-electron chi connectivity index (χ1n) is 6.77. The van der Waals surface area contributed by atoms with Gasteiger partial charge in [-0.15, -0.1) is 0 Å². The highest BCUT2D eigenvalue weighted by Crippen LogP contribution is 2.27. The first-order valence-corrected chi connectivity index (χ1v) is 6.77. The summed E-state index contributed by atoms with van der Waals surface area (Å²) < 4.78 is 5.57. The minimum Gasteiger partial charge on any atom is -0.393 e. The van der Waals surface area contributed by atoms with Gasteiger partial charge < -0.3 is 15.6 Å². The van der Waals surface area contributed by atoms with Gasteiger partial charge in [-0.25, -0.2) is 0 Å². The van der Waals surface area contributed by atoms with Crippen LogP contribution >= 0.6 is 0 Å². The van der Waals surface area contributed by atoms with Crippen LogP contribution in [0, 0.1) is 0 Å². The van der Waals surface area contributed by atoms with E-state index in [2.05, 4.69) is 9.88 Å². The van der Waals surface area contributed by atoms with Gasteiger partial charge in [0.2, 0.25) is 5.91 Å². The number of primary amides is 1. The standard InChI is InChI=1S/C14H21N3O3/c1-2-20-14(10-18)8-17(9-14)7-11(13(15)19)12-5-3-4-6-16-12/h3-6,11,18H,2,7-10H2,1H3,(H2,15,19). The highest BCUT2D eigenvalue weighted by molar-refractivity contribution is 5.81. The van der Waals surface area contributed by atoms with Gasteiger partial charge in [0.15, 0.2) is 0 Å². The number of hydrogen-bond acceptors (Lipinski definition) is 5. The molecular formula is C14H21N3O3. The summed E-state index contributed by atoms with van der Waals surface area (Å²) in [5, 5.41) is 9.39. The second-order valence-electron chi connectivity index (χ2n) is 5.15. The number of amides is 1. The van der Waals surface area contributed by atoms with Gasteiger partial charge in [0.05, 0.1) is 18.2 Å². The van der Waals surface area contributed by atoms with E-state index in [0.29, 0.717) is 31.9 Å². The lowest BCUT2D eigenvalue weighted by Gasteiger charge is -2.49. The summed E-state index contributed by atoms with van der Waals surface area (Å²) in [4.78, 5) is 17.9. The van der Waals surface area contributed by atoms with Crippen LogP contribution in [0.15, 0.2) is 24.4 Å². The van der Waals surface area contributed by atoms with Crippen LogP contribution in [0.3, 0.4) is 0 Å². The van der Waals surface area contributed by atoms with E-state index in [0.717, 1.165) is 0 Å². The van der Waals surface area contributed by atoms with E-state index in [1.54, 1.807) is 18.3 Å². The predicted molar refractivity (Wildman–Crippen MR) is 74.1 cm³/mol. The molecule has 1 unspecified atom stereocenters. The van der Waals surface area contributed by atoms with Crippen molar-refractivity contribution >= 4 is 5.91 Å². The molecule has 1 aliphatic heterocycles. The molecule has 0 saturated carbocycles. The van der Waals surface area contributed by atoms with Crippen molar-refractivity contribution in [3.05, 3.63) is 30.1 Å². The minimum atomic E-state index is -0.485. The predicted octanol–water partition coefficient (Wildman–Crippen LogP) is -0.266. The van der Waals surface area contributed by atoms with Gasteiger partial charge in [-0.1, -0.05) is 6.07 Å². The average Bonchev–Trinajstić information content (AvgIpc) is 2.41. The maximum atomic E-state index is 11.6. The van der Waals surface area contributed by atoms with Crippen LogP contribution in [0.1, 0.15) is 18.5 Å². The molecule has 6 nitrogen and oxygen atoms in total. The molecule has 1 aliphatic rings. The molecule has 0 bridgehead atoms. The summed E-state index contributed by atoms with van der Waals surface area (Å²) in [7, 11) is 0. The van der Waals surface area contributed by atoms with Gasteiger partial charge in [-0.2, -0.15) is 0 Å². The third-order valence-corrected chi connectivity index (χ3v) is 3.59. The second kappa shape index (κ2) is 6.30. The smallest absolute Gasteiger partial charge is 0.227 e. The zero-order valence-corrected chi connectivity index (χ0v) is 11.7. The normalized spacial score (nSPS) is 19.3. The van der Waals surface area contributed by atoms with Crippen LogP contribution in [0.5, 0.6) is 0 Å². The molecule has 0 aliphatic carbocycles. The molecule has 0 radical (unpaired) electrons. The Morgan fingerprint density at radius 1 is 1.60 bits per heavy atom. The molecule has 1 aromatic rings. The number of aliphatic hydroxyl groups is 1. The molecule has 1 aromatic heterocycles. The molecule has 2 heterocycles. The highest BCUT2D eigenvalue weighted by atomic mass is 16.5. The Labute approximate surface area is 118 Å². The van der Waals surface area contributed by atoms with Gasteiger partial charge in [0.1, 0.15) is 5.60 Å². The molecule has 0 aromatic carbocycles. The Kier molecular flexibility index (Phi) is 4.69. The SMILES string of the molecule is CCOC1(CO)CN(CC(C(N)=O)c2ccccn2)C1. The molecule has 3 N–H and O–H groups in total. The molecule has 20 heavy (non-hydrogen) atoms. The zero-order valence-electron chi connectivity index (χ0n) is 11.7. The topological polar surface area (TPSA) is 88.7 Å². The zero-order chi connectivity index (χ0) is 14.6. The van der Waals surface area contributed by atoms with Crippen molar-refractivity contribution in [1.82, 2.24) is 9.88 Å². The van der Waals surface area contributed by atoms with Crippen LogP contribution in [0.2, 0.25) is 0 Å². The fourth-order valence-corrected chi connectivity index (χ4v) is 2.61. The van der Waals surface area contributed by atoms with Crippen LogP contribution < -0.4 is 5.73 Å². The van der Waals surface area contributed by atoms with Gasteiger partial charge in [0.25, 0.3) is 0 Å². The number of nitrogens with zero attached hydrogens (tertiary/aromatic N) is 2. The third kappa shape index (κ3) is 3.15. The van der Waals surface area contributed by atoms with E-state index in [9.17, 15) is 9.90 Å². The van der Waals surface area contributed by atoms with E-state index in [4.69, 9.17) is 10.5 Å². The summed E-state index contributed by atoms with van der Waals surface area (Å²) in [6, 6.07) is 5.45. The number of likely N-dealkylation sites (tertiary alicyclic amines) is 1. The quantitative estimate of drug-likeness (QED) is 0.717. The van der Waals surface area contributed by atoms with Gasteiger partial charge in [-0.3, -0.25) is 14.7 Å². The molecule has 1 saturated heterocycles. The van der Waals surface area contributed by atoms with E-state index in [1.165, 1.54) is 0 Å². The highest BCUT2D eigenvalue weighted by Gasteiger charge is 2.44. The van der Waals surface area contributed by atoms with Crippen molar-refractivity contribution in [3.8, 4) is 0 Å². The van der Waals surface area contributed by atoms with Crippen molar-refractivity contribution in [2.75, 3.05) is 32.8 Å². The molecule has 1 atom stereocenters. The number of aromatic nitrogens is 1. The largest absolute Gasteiger partial charge is 0.393 e. The molecule has 1 fully saturated rings. The Hall–Kier alpha value is -1.50. The van der Waals surface area contributed by atoms with Crippen molar-refractivity contribution in [2.45, 2.75) is 18.4 Å². The fourth-order valence-electron chi connectivity index (χ4n) is 2.61. The Bertz CT molecular complexity index is 446. The van der Waals surface area contributed by atoms with E-state index >= 15 is 0 Å². The first kappa shape index (κ1) is 14.9. The monoisotopic (exact) mass is 279 g/mol. The molecule has 0 spiro atoms. The number of aliphatic hydroxyl groups excluding tert-OH is 1. The van der Waals surface area contributed by atoms with Crippen LogP contribution in [-0.4, -0.2) is 59.3 Å². The van der Waals surface area contributed by atoms with E-state index in [1.807, 2.05) is 13.0 Å². The Balaban J connectivity index is 1.97. The van der Waals surface area contributed by atoms with Crippen molar-refractivity contribution in [2.24, 2.45) is 5.73 Å². The van der Waals surface area contributed by atoms with Crippen molar-refractivity contribution < 1.29 is 14.6 Å². The summed E-state index contributed by atoms with van der Waals surface area (Å²) in [6.07, 6.45) is 1.65. The van der Waals surface area contributed by atoms with Gasteiger partial charge in [0, 0.05) is 32.4 Å². The number of nitrogens with two attached hydrogens (primary N) is 1. The Morgan fingerprint density at radius 2 is 2.35 bits per heavy atom. The first-order chi connectivity index (χ1) is 9.60. The fraction of sp³-hybridized carbons (Fsp3) is 0.571. The molecule has 1 amide bonds. The second-order valence-corrected chi connectivity index (χ2v) is 5.15. The third-order valence-electron chi connectivity index (χ3n) is 3.59. The minimum absolute atomic E-state index is 0.0117. The van der Waals surface area contributed by atoms with Crippen LogP contribution in [0.25, 0.3) is 0 Å². The number of carbonyl (C=O) groups excluding carboxylic acids is 1. The number of carbonyl (C=O) groups is 1. The Morgan fingerprint density at radius 3 is 2.85 bits per heavy atom. The van der Waals surface area contributed by atoms with Gasteiger partial charge in [-0.05, 0) is 19.1 Å². The molecular weight excluding hydrogens is 258 g/mol. The molecule has 110 valence electrons. The van der Waals surface area contributed by atoms with Crippen LogP contribution in [0.4, 0.5) is 0 Å². The summed E-state index contributed by atoms with van der Waals surface area (Å²) in [6.45, 7) is 4.17. The maximum Gasteiger partial charge on any atom is 0.227 e. The number of rotatable bonds is 7. The lowest BCUT2D eigenvalue weighted by molar-refractivity contribution is -0.165. The van der Waals surface area contributed by atoms with E-state index in [-0.39, 0.29) is 12.5 Å². The molecule has 6 heteroatoms. The number of hydrogen-bond donors (Lipinski definition) is 2. The summed E-state index contributed by atoms with van der Waals surface area (Å²) in [5.74, 6) is -0.823. The number of pyridine rings is 1. The lowest BCUT2D eigenvalue weighted by atomic mass is 9.92. The molecule has 2 rings (SSSR count). The van der Waals surface area contributed by atoms with Crippen molar-refractivity contribution in [3.63, 3.8) is 0 Å². The van der Waals surface area contributed by atoms with Gasteiger partial charge >= 0.3 is 0 Å². The maximum absolute atomic E-state index is 11.6. The number of ether oxygens (including phenoxy) is 1. The summed E-state index contributed by atoms with van der Waals surface area (Å²) in [5.41, 5.74) is 5.66. The van der Waals surface area contributed by atoms with Crippen LogP contribution in [-0.2, 0) is 9.53 Å². The summed E-state index contributed by atoms with van der Waals surface area (Å²) >= 11 is 0. The lowest BCUT2D eigenvalue weighted by Crippen LogP contribution is -2.66. The van der Waals surface area contributed by atoms with Crippen molar-refractivity contribution in [1.29, 1.82) is 0 Å².